The molecule has 0 bridgehead atoms. The minimum Gasteiger partial charge on any atom is -0.497 e. The number of carbonyl (C=O) groups is 2. The van der Waals surface area contributed by atoms with E-state index in [2.05, 4.69) is 10.5 Å². The lowest BCUT2D eigenvalue weighted by Gasteiger charge is -2.06. The molecule has 10 heteroatoms. The van der Waals surface area contributed by atoms with Crippen molar-refractivity contribution < 1.29 is 24.0 Å². The van der Waals surface area contributed by atoms with Crippen molar-refractivity contribution in [3.05, 3.63) is 105 Å². The second-order valence-electron chi connectivity index (χ2n) is 6.71. The third kappa shape index (κ3) is 6.75. The highest BCUT2D eigenvalue weighted by atomic mass is 35.5. The molecule has 3 rings (SSSR count). The van der Waals surface area contributed by atoms with Crippen LogP contribution in [0.2, 0.25) is 5.02 Å². The molecule has 1 amide bonds. The second-order valence-corrected chi connectivity index (χ2v) is 7.15. The molecule has 0 aliphatic rings. The lowest BCUT2D eigenvalue weighted by Crippen LogP contribution is -2.17. The fourth-order valence-corrected chi connectivity index (χ4v) is 2.82. The number of esters is 1. The molecule has 0 atom stereocenters. The van der Waals surface area contributed by atoms with Gasteiger partial charge < -0.3 is 9.47 Å². The van der Waals surface area contributed by atoms with Gasteiger partial charge in [0.25, 0.3) is 11.6 Å². The van der Waals surface area contributed by atoms with Gasteiger partial charge in [-0.15, -0.1) is 0 Å². The van der Waals surface area contributed by atoms with Crippen molar-refractivity contribution in [2.75, 3.05) is 7.11 Å². The van der Waals surface area contributed by atoms with E-state index in [1.54, 1.807) is 49.6 Å². The van der Waals surface area contributed by atoms with E-state index in [-0.39, 0.29) is 17.0 Å². The highest BCUT2D eigenvalue weighted by Gasteiger charge is 2.13. The van der Waals surface area contributed by atoms with Crippen molar-refractivity contribution in [1.82, 2.24) is 5.43 Å². The van der Waals surface area contributed by atoms with Crippen LogP contribution in [-0.4, -0.2) is 30.1 Å². The van der Waals surface area contributed by atoms with Gasteiger partial charge in [0.1, 0.15) is 11.5 Å². The fraction of sp³-hybridized carbons (Fsp3) is 0.0417. The molecule has 0 aliphatic carbocycles. The molecule has 3 aromatic carbocycles. The quantitative estimate of drug-likeness (QED) is 0.125. The van der Waals surface area contributed by atoms with E-state index in [0.29, 0.717) is 16.3 Å². The first-order chi connectivity index (χ1) is 16.4. The van der Waals surface area contributed by atoms with Crippen LogP contribution in [0.5, 0.6) is 11.5 Å². The number of non-ortho nitro benzene ring substituents is 1. The first-order valence-electron chi connectivity index (χ1n) is 9.77. The van der Waals surface area contributed by atoms with Crippen LogP contribution in [0.4, 0.5) is 5.69 Å². The average Bonchev–Trinajstić information content (AvgIpc) is 2.84. The van der Waals surface area contributed by atoms with Crippen LogP contribution >= 0.6 is 11.6 Å². The molecule has 0 fully saturated rings. The predicted molar refractivity (Wildman–Crippen MR) is 127 cm³/mol. The first-order valence-corrected chi connectivity index (χ1v) is 10.1. The van der Waals surface area contributed by atoms with E-state index in [0.717, 1.165) is 11.8 Å². The number of ether oxygens (including phenoxy) is 2. The molecule has 0 spiro atoms. The summed E-state index contributed by atoms with van der Waals surface area (Å²) < 4.78 is 10.4. The van der Waals surface area contributed by atoms with Crippen molar-refractivity contribution in [1.29, 1.82) is 0 Å². The van der Waals surface area contributed by atoms with Crippen molar-refractivity contribution >= 4 is 41.5 Å². The summed E-state index contributed by atoms with van der Waals surface area (Å²) in [6, 6.07) is 16.8. The number of amides is 1. The van der Waals surface area contributed by atoms with Crippen LogP contribution in [0.25, 0.3) is 6.08 Å². The lowest BCUT2D eigenvalue weighted by atomic mass is 10.2. The minimum absolute atomic E-state index is 0.0273. The van der Waals surface area contributed by atoms with Crippen LogP contribution in [-0.2, 0) is 4.79 Å². The highest BCUT2D eigenvalue weighted by molar-refractivity contribution is 6.30. The number of nitrogens with zero attached hydrogens (tertiary/aromatic N) is 2. The van der Waals surface area contributed by atoms with Crippen molar-refractivity contribution in [3.8, 4) is 11.5 Å². The van der Waals surface area contributed by atoms with Crippen molar-refractivity contribution in [3.63, 3.8) is 0 Å². The van der Waals surface area contributed by atoms with Crippen LogP contribution in [0.1, 0.15) is 21.5 Å². The monoisotopic (exact) mass is 479 g/mol. The Kier molecular flexibility index (Phi) is 8.09. The molecule has 34 heavy (non-hydrogen) atoms. The van der Waals surface area contributed by atoms with Gasteiger partial charge in [-0.1, -0.05) is 23.7 Å². The summed E-state index contributed by atoms with van der Waals surface area (Å²) in [7, 11) is 1.55. The van der Waals surface area contributed by atoms with E-state index in [4.69, 9.17) is 21.1 Å². The Morgan fingerprint density at radius 3 is 2.41 bits per heavy atom. The topological polar surface area (TPSA) is 120 Å². The summed E-state index contributed by atoms with van der Waals surface area (Å²) in [6.07, 6.45) is 3.91. The summed E-state index contributed by atoms with van der Waals surface area (Å²) in [4.78, 5) is 35.0. The van der Waals surface area contributed by atoms with Gasteiger partial charge in [0.05, 0.1) is 18.2 Å². The van der Waals surface area contributed by atoms with E-state index < -0.39 is 16.8 Å². The average molecular weight is 480 g/mol. The maximum atomic E-state index is 12.3. The molecule has 0 radical (unpaired) electrons. The van der Waals surface area contributed by atoms with E-state index in [1.807, 2.05) is 0 Å². The number of carbonyl (C=O) groups excluding carboxylic acids is 2. The smallest absolute Gasteiger partial charge is 0.336 e. The SMILES string of the molecule is COc1ccc(/C=C/C(=O)Oc2ccc([N+](=O)[O-])cc2/C=N/NC(=O)c2ccc(Cl)cc2)cc1. The van der Waals surface area contributed by atoms with E-state index in [9.17, 15) is 19.7 Å². The Labute approximate surface area is 199 Å². The van der Waals surface area contributed by atoms with Crippen LogP contribution in [0.15, 0.2) is 77.9 Å². The molecule has 172 valence electrons. The number of nitrogens with one attached hydrogen (secondary N) is 1. The summed E-state index contributed by atoms with van der Waals surface area (Å²) in [5.74, 6) is -0.513. The van der Waals surface area contributed by atoms with Gasteiger partial charge >= 0.3 is 5.97 Å². The largest absolute Gasteiger partial charge is 0.497 e. The number of halogens is 1. The first kappa shape index (κ1) is 24.1. The van der Waals surface area contributed by atoms with Crippen LogP contribution in [0.3, 0.4) is 0 Å². The standard InChI is InChI=1S/C24H18ClN3O6/c1-33-21-10-2-16(3-11-21)4-13-23(29)34-22-12-9-20(28(31)32)14-18(22)15-26-27-24(30)17-5-7-19(25)8-6-17/h2-15H,1H3,(H,27,30)/b13-4+,26-15+. The molecule has 0 aliphatic heterocycles. The molecule has 1 N–H and O–H groups in total. The third-order valence-corrected chi connectivity index (χ3v) is 4.67. The highest BCUT2D eigenvalue weighted by Crippen LogP contribution is 2.23. The summed E-state index contributed by atoms with van der Waals surface area (Å²) in [5.41, 5.74) is 3.25. The van der Waals surface area contributed by atoms with Gasteiger partial charge in [0, 0.05) is 34.4 Å². The summed E-state index contributed by atoms with van der Waals surface area (Å²) in [5, 5.41) is 15.4. The molecule has 3 aromatic rings. The van der Waals surface area contributed by atoms with Gasteiger partial charge in [-0.2, -0.15) is 5.10 Å². The van der Waals surface area contributed by atoms with Crippen molar-refractivity contribution in [2.24, 2.45) is 5.10 Å². The maximum Gasteiger partial charge on any atom is 0.336 e. The number of benzene rings is 3. The van der Waals surface area contributed by atoms with Crippen LogP contribution < -0.4 is 14.9 Å². The zero-order valence-corrected chi connectivity index (χ0v) is 18.6. The normalized spacial score (nSPS) is 10.9. The molecule has 0 unspecified atom stereocenters. The Balaban J connectivity index is 1.73. The van der Waals surface area contributed by atoms with Crippen LogP contribution in [0, 0.1) is 10.1 Å². The molecular weight excluding hydrogens is 462 g/mol. The summed E-state index contributed by atoms with van der Waals surface area (Å²) in [6.45, 7) is 0. The van der Waals surface area contributed by atoms with Gasteiger partial charge in [-0.25, -0.2) is 10.2 Å². The number of nitro benzene ring substituents is 1. The number of methoxy groups -OCH3 is 1. The molecule has 0 saturated heterocycles. The number of hydrogen-bond acceptors (Lipinski definition) is 7. The van der Waals surface area contributed by atoms with Gasteiger partial charge in [-0.3, -0.25) is 14.9 Å². The number of hydrogen-bond donors (Lipinski definition) is 1. The fourth-order valence-electron chi connectivity index (χ4n) is 2.69. The predicted octanol–water partition coefficient (Wildman–Crippen LogP) is 4.64. The number of hydrazone groups is 1. The second kappa shape index (κ2) is 11.4. The van der Waals surface area contributed by atoms with Gasteiger partial charge in [0.2, 0.25) is 0 Å². The Morgan fingerprint density at radius 2 is 1.76 bits per heavy atom. The maximum absolute atomic E-state index is 12.3. The zero-order chi connectivity index (χ0) is 24.5. The molecule has 0 heterocycles. The Bertz CT molecular complexity index is 1250. The Morgan fingerprint density at radius 1 is 1.06 bits per heavy atom. The number of rotatable bonds is 8. The molecule has 9 nitrogen and oxygen atoms in total. The van der Waals surface area contributed by atoms with E-state index in [1.165, 1.54) is 36.4 Å². The molecule has 0 saturated carbocycles. The van der Waals surface area contributed by atoms with Gasteiger partial charge in [-0.05, 0) is 54.1 Å². The van der Waals surface area contributed by atoms with E-state index >= 15 is 0 Å². The van der Waals surface area contributed by atoms with Gasteiger partial charge in [0.15, 0.2) is 0 Å². The van der Waals surface area contributed by atoms with Crippen molar-refractivity contribution in [2.45, 2.75) is 0 Å². The summed E-state index contributed by atoms with van der Waals surface area (Å²) >= 11 is 5.80. The molecule has 0 aromatic heterocycles. The number of nitro groups is 1. The lowest BCUT2D eigenvalue weighted by molar-refractivity contribution is -0.384. The Hall–Kier alpha value is -4.50. The third-order valence-electron chi connectivity index (χ3n) is 4.42. The minimum atomic E-state index is -0.704. The molecular formula is C24H18ClN3O6. The zero-order valence-electron chi connectivity index (χ0n) is 17.8.